The minimum Gasteiger partial charge on any atom is -0.465 e. The molecule has 0 aliphatic rings. The summed E-state index contributed by atoms with van der Waals surface area (Å²) in [7, 11) is -2.56. The fourth-order valence-corrected chi connectivity index (χ4v) is 5.25. The summed E-state index contributed by atoms with van der Waals surface area (Å²) < 4.78 is 33.1. The molecule has 1 heterocycles. The Morgan fingerprint density at radius 2 is 1.70 bits per heavy atom. The Balaban J connectivity index is 1.83. The maximum atomic E-state index is 13.2. The number of methoxy groups -OCH3 is 1. The summed E-state index contributed by atoms with van der Waals surface area (Å²) in [6.07, 6.45) is 0.340. The summed E-state index contributed by atoms with van der Waals surface area (Å²) in [4.78, 5) is 29.4. The van der Waals surface area contributed by atoms with E-state index in [2.05, 4.69) is 9.71 Å². The van der Waals surface area contributed by atoms with Crippen LogP contribution in [0.4, 0.5) is 0 Å². The van der Waals surface area contributed by atoms with Crippen LogP contribution in [0.25, 0.3) is 11.3 Å². The number of carbonyl (C=O) groups excluding carboxylic acids is 2. The van der Waals surface area contributed by atoms with Gasteiger partial charge in [-0.25, -0.2) is 22.9 Å². The molecule has 3 rings (SSSR count). The number of rotatable bonds is 9. The fourth-order valence-electron chi connectivity index (χ4n) is 3.22. The molecule has 0 aliphatic heterocycles. The normalized spacial score (nSPS) is 12.5. The van der Waals surface area contributed by atoms with E-state index < -0.39 is 22.0 Å². The lowest BCUT2D eigenvalue weighted by Gasteiger charge is -2.18. The molecule has 0 saturated heterocycles. The van der Waals surface area contributed by atoms with Gasteiger partial charge in [0.15, 0.2) is 5.01 Å². The van der Waals surface area contributed by atoms with Crippen LogP contribution in [-0.4, -0.2) is 38.3 Å². The predicted octanol–water partition coefficient (Wildman–Crippen LogP) is 4.48. The number of nitrogens with zero attached hydrogens (tertiary/aromatic N) is 1. The van der Waals surface area contributed by atoms with Gasteiger partial charge in [-0.1, -0.05) is 43.7 Å². The van der Waals surface area contributed by atoms with Gasteiger partial charge in [-0.3, -0.25) is 4.79 Å². The molecule has 0 spiro atoms. The maximum Gasteiger partial charge on any atom is 0.337 e. The standard InChI is InChI=1S/C24H26N2O5S2/c1-15(2)13-20(26-33(29,30)19-11-5-16(3)6-12-19)22(27)23-25-21(14-32-23)17-7-9-18(10-8-17)24(28)31-4/h5-12,14-15,20,26H,13H2,1-4H3. The van der Waals surface area contributed by atoms with E-state index in [4.69, 9.17) is 4.74 Å². The van der Waals surface area contributed by atoms with Gasteiger partial charge in [0.25, 0.3) is 0 Å². The zero-order valence-electron chi connectivity index (χ0n) is 18.9. The highest BCUT2D eigenvalue weighted by Crippen LogP contribution is 2.25. The van der Waals surface area contributed by atoms with E-state index in [9.17, 15) is 18.0 Å². The van der Waals surface area contributed by atoms with Gasteiger partial charge in [0.1, 0.15) is 0 Å². The molecule has 0 fully saturated rings. The van der Waals surface area contributed by atoms with Gasteiger partial charge in [-0.2, -0.15) is 0 Å². The number of aryl methyl sites for hydroxylation is 1. The summed E-state index contributed by atoms with van der Waals surface area (Å²) in [6, 6.07) is 12.2. The first kappa shape index (κ1) is 24.8. The number of esters is 1. The number of hydrogen-bond acceptors (Lipinski definition) is 7. The number of ketones is 1. The average Bonchev–Trinajstić information content (AvgIpc) is 3.28. The molecule has 0 bridgehead atoms. The van der Waals surface area contributed by atoms with Crippen LogP contribution >= 0.6 is 11.3 Å². The predicted molar refractivity (Wildman–Crippen MR) is 128 cm³/mol. The Kier molecular flexibility index (Phi) is 7.78. The second-order valence-electron chi connectivity index (χ2n) is 8.09. The third-order valence-corrected chi connectivity index (χ3v) is 7.31. The molecular weight excluding hydrogens is 460 g/mol. The highest BCUT2D eigenvalue weighted by atomic mass is 32.2. The Labute approximate surface area is 197 Å². The summed E-state index contributed by atoms with van der Waals surface area (Å²) in [5, 5.41) is 1.96. The topological polar surface area (TPSA) is 102 Å². The number of benzene rings is 2. The number of ether oxygens (including phenoxy) is 1. The Hall–Kier alpha value is -2.88. The van der Waals surface area contributed by atoms with Crippen LogP contribution in [-0.2, 0) is 14.8 Å². The Morgan fingerprint density at radius 1 is 1.06 bits per heavy atom. The van der Waals surface area contributed by atoms with E-state index in [0.29, 0.717) is 17.7 Å². The van der Waals surface area contributed by atoms with Crippen LogP contribution in [0.1, 0.15) is 46.0 Å². The molecule has 0 radical (unpaired) electrons. The zero-order chi connectivity index (χ0) is 24.2. The second-order valence-corrected chi connectivity index (χ2v) is 10.7. The van der Waals surface area contributed by atoms with Crippen molar-refractivity contribution in [1.29, 1.82) is 0 Å². The number of sulfonamides is 1. The molecule has 9 heteroatoms. The monoisotopic (exact) mass is 486 g/mol. The van der Waals surface area contributed by atoms with Crippen molar-refractivity contribution in [3.05, 3.63) is 70.0 Å². The van der Waals surface area contributed by atoms with Crippen molar-refractivity contribution in [1.82, 2.24) is 9.71 Å². The highest BCUT2D eigenvalue weighted by molar-refractivity contribution is 7.89. The van der Waals surface area contributed by atoms with Gasteiger partial charge in [0.05, 0.1) is 29.3 Å². The molecule has 1 unspecified atom stereocenters. The van der Waals surface area contributed by atoms with Gasteiger partial charge < -0.3 is 4.74 Å². The molecule has 1 N–H and O–H groups in total. The smallest absolute Gasteiger partial charge is 0.337 e. The van der Waals surface area contributed by atoms with Crippen molar-refractivity contribution in [3.8, 4) is 11.3 Å². The summed E-state index contributed by atoms with van der Waals surface area (Å²) in [5.74, 6) is -0.722. The minimum absolute atomic E-state index is 0.0879. The van der Waals surface area contributed by atoms with Gasteiger partial charge in [-0.15, -0.1) is 11.3 Å². The molecule has 1 aromatic heterocycles. The molecular formula is C24H26N2O5S2. The summed E-state index contributed by atoms with van der Waals surface area (Å²) >= 11 is 1.16. The van der Waals surface area contributed by atoms with Crippen LogP contribution in [0.2, 0.25) is 0 Å². The third kappa shape index (κ3) is 6.13. The lowest BCUT2D eigenvalue weighted by molar-refractivity contribution is 0.0600. The lowest BCUT2D eigenvalue weighted by atomic mass is 10.0. The van der Waals surface area contributed by atoms with E-state index in [1.54, 1.807) is 41.8 Å². The van der Waals surface area contributed by atoms with Crippen molar-refractivity contribution in [2.45, 2.75) is 38.1 Å². The Bertz CT molecular complexity index is 1230. The van der Waals surface area contributed by atoms with Crippen LogP contribution < -0.4 is 4.72 Å². The number of carbonyl (C=O) groups is 2. The first-order chi connectivity index (χ1) is 15.6. The zero-order valence-corrected chi connectivity index (χ0v) is 20.5. The van der Waals surface area contributed by atoms with E-state index in [0.717, 1.165) is 22.5 Å². The van der Waals surface area contributed by atoms with Crippen LogP contribution in [0, 0.1) is 12.8 Å². The molecule has 0 aliphatic carbocycles. The van der Waals surface area contributed by atoms with Crippen LogP contribution in [0.3, 0.4) is 0 Å². The van der Waals surface area contributed by atoms with Gasteiger partial charge in [0.2, 0.25) is 15.8 Å². The van der Waals surface area contributed by atoms with E-state index >= 15 is 0 Å². The number of thiazole rings is 1. The first-order valence-corrected chi connectivity index (χ1v) is 12.7. The number of Topliss-reactive ketones (excluding diaryl/α,β-unsaturated/α-hetero) is 1. The second kappa shape index (κ2) is 10.4. The van der Waals surface area contributed by atoms with Crippen LogP contribution in [0.5, 0.6) is 0 Å². The van der Waals surface area contributed by atoms with Crippen molar-refractivity contribution in [3.63, 3.8) is 0 Å². The summed E-state index contributed by atoms with van der Waals surface area (Å²) in [6.45, 7) is 5.73. The number of hydrogen-bond donors (Lipinski definition) is 1. The van der Waals surface area contributed by atoms with Crippen molar-refractivity contribution < 1.29 is 22.7 Å². The molecule has 1 atom stereocenters. The molecule has 0 saturated carbocycles. The molecule has 33 heavy (non-hydrogen) atoms. The minimum atomic E-state index is -3.87. The average molecular weight is 487 g/mol. The SMILES string of the molecule is COC(=O)c1ccc(-c2csc(C(=O)C(CC(C)C)NS(=O)(=O)c3ccc(C)cc3)n2)cc1. The van der Waals surface area contributed by atoms with E-state index in [1.807, 2.05) is 20.8 Å². The molecule has 2 aromatic carbocycles. The maximum absolute atomic E-state index is 13.2. The Morgan fingerprint density at radius 3 is 2.27 bits per heavy atom. The van der Waals surface area contributed by atoms with Crippen molar-refractivity contribution >= 4 is 33.1 Å². The number of nitrogens with one attached hydrogen (secondary N) is 1. The van der Waals surface area contributed by atoms with Gasteiger partial charge in [-0.05, 0) is 43.5 Å². The van der Waals surface area contributed by atoms with E-state index in [1.165, 1.54) is 19.2 Å². The van der Waals surface area contributed by atoms with E-state index in [-0.39, 0.29) is 21.6 Å². The highest BCUT2D eigenvalue weighted by Gasteiger charge is 2.29. The van der Waals surface area contributed by atoms with Crippen molar-refractivity contribution in [2.75, 3.05) is 7.11 Å². The largest absolute Gasteiger partial charge is 0.465 e. The third-order valence-electron chi connectivity index (χ3n) is 4.97. The van der Waals surface area contributed by atoms with Crippen LogP contribution in [0.15, 0.2) is 58.8 Å². The first-order valence-electron chi connectivity index (χ1n) is 10.4. The molecule has 174 valence electrons. The molecule has 7 nitrogen and oxygen atoms in total. The molecule has 3 aromatic rings. The summed E-state index contributed by atoms with van der Waals surface area (Å²) in [5.41, 5.74) is 2.66. The van der Waals surface area contributed by atoms with Gasteiger partial charge in [0, 0.05) is 10.9 Å². The molecule has 0 amide bonds. The fraction of sp³-hybridized carbons (Fsp3) is 0.292. The quantitative estimate of drug-likeness (QED) is 0.353. The van der Waals surface area contributed by atoms with Gasteiger partial charge >= 0.3 is 5.97 Å². The van der Waals surface area contributed by atoms with Crippen molar-refractivity contribution in [2.24, 2.45) is 5.92 Å². The number of aromatic nitrogens is 1. The lowest BCUT2D eigenvalue weighted by Crippen LogP contribution is -2.41.